The minimum atomic E-state index is -0.352. The van der Waals surface area contributed by atoms with Crippen LogP contribution in [-0.2, 0) is 0 Å². The molecule has 2 rings (SSSR count). The van der Waals surface area contributed by atoms with Crippen molar-refractivity contribution in [2.75, 3.05) is 64.4 Å². The lowest BCUT2D eigenvalue weighted by Gasteiger charge is -2.35. The fourth-order valence-electron chi connectivity index (χ4n) is 2.91. The number of rotatable bonds is 7. The molecule has 25 heavy (non-hydrogen) atoms. The van der Waals surface area contributed by atoms with Gasteiger partial charge < -0.3 is 20.2 Å². The van der Waals surface area contributed by atoms with Crippen LogP contribution in [0.3, 0.4) is 0 Å². The van der Waals surface area contributed by atoms with Gasteiger partial charge in [0.15, 0.2) is 0 Å². The van der Waals surface area contributed by atoms with E-state index >= 15 is 0 Å². The third-order valence-corrected chi connectivity index (χ3v) is 5.02. The number of piperazine rings is 1. The lowest BCUT2D eigenvalue weighted by molar-refractivity contribution is 0.0677. The van der Waals surface area contributed by atoms with Crippen LogP contribution in [0.5, 0.6) is 0 Å². The zero-order valence-electron chi connectivity index (χ0n) is 15.4. The summed E-state index contributed by atoms with van der Waals surface area (Å²) in [5.41, 5.74) is 0.828. The lowest BCUT2D eigenvalue weighted by Crippen LogP contribution is -2.52. The summed E-state index contributed by atoms with van der Waals surface area (Å²) in [5.74, 6) is 1.04. The van der Waals surface area contributed by atoms with Gasteiger partial charge >= 0.3 is 6.03 Å². The topological polar surface area (TPSA) is 59.1 Å². The number of nitrogens with one attached hydrogen (secondary N) is 1. The predicted octanol–water partition coefficient (Wildman–Crippen LogP) is 1.87. The number of urea groups is 1. The molecule has 0 unspecified atom stereocenters. The first-order valence-electron chi connectivity index (χ1n) is 8.82. The number of β-amino-alcohol motifs (C(OH)–C–C–N with tert-alkyl or cyclic N) is 1. The van der Waals surface area contributed by atoms with Gasteiger partial charge in [-0.05, 0) is 44.1 Å². The maximum atomic E-state index is 12.4. The van der Waals surface area contributed by atoms with Crippen LogP contribution in [0.15, 0.2) is 29.2 Å². The second-order valence-corrected chi connectivity index (χ2v) is 7.93. The van der Waals surface area contributed by atoms with Crippen molar-refractivity contribution >= 4 is 23.5 Å². The monoisotopic (exact) mass is 366 g/mol. The Hall–Kier alpha value is -1.28. The maximum absolute atomic E-state index is 12.4. The highest BCUT2D eigenvalue weighted by atomic mass is 32.2. The number of likely N-dealkylation sites (N-methyl/N-ethyl adjacent to an activating group) is 1. The normalized spacial score (nSPS) is 16.9. The number of anilines is 1. The van der Waals surface area contributed by atoms with E-state index in [0.717, 1.165) is 24.5 Å². The second kappa shape index (κ2) is 10.0. The summed E-state index contributed by atoms with van der Waals surface area (Å²) >= 11 is 1.79. The molecule has 0 radical (unpaired) electrons. The van der Waals surface area contributed by atoms with E-state index in [2.05, 4.69) is 17.1 Å². The molecule has 2 N–H and O–H groups in total. The van der Waals surface area contributed by atoms with Gasteiger partial charge in [0.05, 0.1) is 6.10 Å². The smallest absolute Gasteiger partial charge is 0.321 e. The Morgan fingerprint density at radius 2 is 1.88 bits per heavy atom. The van der Waals surface area contributed by atoms with E-state index in [1.807, 2.05) is 48.2 Å². The van der Waals surface area contributed by atoms with E-state index < -0.39 is 0 Å². The number of hydrogen-bond acceptors (Lipinski definition) is 5. The summed E-state index contributed by atoms with van der Waals surface area (Å²) in [4.78, 5) is 19.6. The molecule has 1 aliphatic rings. The first-order valence-corrected chi connectivity index (χ1v) is 9.80. The van der Waals surface area contributed by atoms with E-state index in [1.165, 1.54) is 4.90 Å². The van der Waals surface area contributed by atoms with Gasteiger partial charge in [-0.3, -0.25) is 4.90 Å². The van der Waals surface area contributed by atoms with Crippen LogP contribution in [0, 0.1) is 0 Å². The molecule has 1 aromatic carbocycles. The van der Waals surface area contributed by atoms with Crippen molar-refractivity contribution < 1.29 is 9.90 Å². The van der Waals surface area contributed by atoms with E-state index in [0.29, 0.717) is 26.2 Å². The fourth-order valence-corrected chi connectivity index (χ4v) is 3.58. The largest absolute Gasteiger partial charge is 0.390 e. The number of aliphatic hydroxyl groups excluding tert-OH is 1. The Bertz CT molecular complexity index is 530. The molecule has 0 saturated carbocycles. The Morgan fingerprint density at radius 3 is 2.44 bits per heavy atom. The minimum absolute atomic E-state index is 0.0515. The van der Waals surface area contributed by atoms with E-state index in [1.54, 1.807) is 11.8 Å². The molecule has 2 amide bonds. The van der Waals surface area contributed by atoms with Crippen molar-refractivity contribution in [2.45, 2.75) is 17.9 Å². The van der Waals surface area contributed by atoms with Crippen LogP contribution in [0.25, 0.3) is 0 Å². The molecule has 1 atom stereocenters. The molecular weight excluding hydrogens is 336 g/mol. The highest BCUT2D eigenvalue weighted by molar-refractivity contribution is 7.99. The highest BCUT2D eigenvalue weighted by Crippen LogP contribution is 2.20. The summed E-state index contributed by atoms with van der Waals surface area (Å²) < 4.78 is 0. The molecule has 1 saturated heterocycles. The number of benzene rings is 1. The van der Waals surface area contributed by atoms with Crippen molar-refractivity contribution in [3.63, 3.8) is 0 Å². The molecule has 1 aromatic rings. The minimum Gasteiger partial charge on any atom is -0.390 e. The summed E-state index contributed by atoms with van der Waals surface area (Å²) in [7, 11) is 3.91. The van der Waals surface area contributed by atoms with Crippen molar-refractivity contribution in [1.29, 1.82) is 0 Å². The molecule has 1 aliphatic heterocycles. The number of carbonyl (C=O) groups is 1. The fraction of sp³-hybridized carbons (Fsp3) is 0.611. The van der Waals surface area contributed by atoms with Gasteiger partial charge in [-0.2, -0.15) is 0 Å². The van der Waals surface area contributed by atoms with E-state index in [-0.39, 0.29) is 12.1 Å². The number of thioether (sulfide) groups is 1. The maximum Gasteiger partial charge on any atom is 0.321 e. The van der Waals surface area contributed by atoms with Crippen LogP contribution in [0.4, 0.5) is 10.5 Å². The van der Waals surface area contributed by atoms with Crippen LogP contribution in [0.2, 0.25) is 0 Å². The number of hydrogen-bond donors (Lipinski definition) is 2. The van der Waals surface area contributed by atoms with Crippen LogP contribution < -0.4 is 5.32 Å². The molecule has 0 spiro atoms. The second-order valence-electron chi connectivity index (χ2n) is 6.59. The number of nitrogens with zero attached hydrogens (tertiary/aromatic N) is 3. The lowest BCUT2D eigenvalue weighted by atomic mass is 10.2. The predicted molar refractivity (Wildman–Crippen MR) is 104 cm³/mol. The van der Waals surface area contributed by atoms with Crippen molar-refractivity contribution in [1.82, 2.24) is 14.7 Å². The SMILES string of the molecule is CCSc1ccc(NC(=O)N2CCN(C[C@H](O)CN(C)C)CC2)cc1. The average molecular weight is 367 g/mol. The van der Waals surface area contributed by atoms with Crippen molar-refractivity contribution in [2.24, 2.45) is 0 Å². The zero-order chi connectivity index (χ0) is 18.2. The Morgan fingerprint density at radius 1 is 1.24 bits per heavy atom. The van der Waals surface area contributed by atoms with E-state index in [9.17, 15) is 9.90 Å². The molecule has 1 fully saturated rings. The first kappa shape index (κ1) is 20.0. The van der Waals surface area contributed by atoms with Crippen LogP contribution in [-0.4, -0.2) is 91.1 Å². The summed E-state index contributed by atoms with van der Waals surface area (Å²) in [6, 6.07) is 7.92. The van der Waals surface area contributed by atoms with Crippen molar-refractivity contribution in [3.05, 3.63) is 24.3 Å². The molecule has 0 aliphatic carbocycles. The van der Waals surface area contributed by atoms with Crippen LogP contribution in [0.1, 0.15) is 6.92 Å². The van der Waals surface area contributed by atoms with Gasteiger partial charge in [-0.25, -0.2) is 4.79 Å². The Labute approximate surface area is 155 Å². The van der Waals surface area contributed by atoms with E-state index in [4.69, 9.17) is 0 Å². The zero-order valence-corrected chi connectivity index (χ0v) is 16.3. The molecule has 1 heterocycles. The molecule has 0 aromatic heterocycles. The summed E-state index contributed by atoms with van der Waals surface area (Å²) in [6.45, 7) is 6.40. The van der Waals surface area contributed by atoms with Gasteiger partial charge in [-0.1, -0.05) is 6.92 Å². The highest BCUT2D eigenvalue weighted by Gasteiger charge is 2.22. The molecule has 140 valence electrons. The number of carbonyl (C=O) groups excluding carboxylic acids is 1. The van der Waals surface area contributed by atoms with Crippen LogP contribution >= 0.6 is 11.8 Å². The number of aliphatic hydroxyl groups is 1. The third-order valence-electron chi connectivity index (χ3n) is 4.12. The molecule has 0 bridgehead atoms. The Kier molecular flexibility index (Phi) is 8.02. The summed E-state index contributed by atoms with van der Waals surface area (Å²) in [6.07, 6.45) is -0.352. The van der Waals surface area contributed by atoms with Gasteiger partial charge in [0.2, 0.25) is 0 Å². The third kappa shape index (κ3) is 6.86. The Balaban J connectivity index is 1.75. The average Bonchev–Trinajstić information content (AvgIpc) is 2.56. The van der Waals surface area contributed by atoms with Gasteiger partial charge in [0.1, 0.15) is 0 Å². The number of amides is 2. The standard InChI is InChI=1S/C18H30N4O2S/c1-4-25-17-7-5-15(6-8-17)19-18(24)22-11-9-21(10-12-22)14-16(23)13-20(2)3/h5-8,16,23H,4,9-14H2,1-3H3,(H,19,24)/t16-/m1/s1. The molecule has 7 heteroatoms. The summed E-state index contributed by atoms with van der Waals surface area (Å²) in [5, 5.41) is 13.0. The molecular formula is C18H30N4O2S. The van der Waals surface area contributed by atoms with Gasteiger partial charge in [0.25, 0.3) is 0 Å². The molecule has 6 nitrogen and oxygen atoms in total. The van der Waals surface area contributed by atoms with Gasteiger partial charge in [-0.15, -0.1) is 11.8 Å². The van der Waals surface area contributed by atoms with Gasteiger partial charge in [0, 0.05) is 49.9 Å². The first-order chi connectivity index (χ1) is 12.0. The quantitative estimate of drug-likeness (QED) is 0.722. The van der Waals surface area contributed by atoms with Crippen molar-refractivity contribution in [3.8, 4) is 0 Å².